The summed E-state index contributed by atoms with van der Waals surface area (Å²) in [6.45, 7) is 13.8. The minimum Gasteiger partial charge on any atom is -0.488 e. The Balaban J connectivity index is 1.67. The standard InChI is InChI=1S/C24H34O3/c1-23(2,3)26-21-11-7-19(8-12-21)15-17-25-18-16-20-9-13-22(14-10-20)27-24(4,5)6/h7-14H,15-18H2,1-6H3. The van der Waals surface area contributed by atoms with E-state index in [2.05, 4.69) is 65.8 Å². The fourth-order valence-corrected chi connectivity index (χ4v) is 2.64. The molecule has 0 unspecified atom stereocenters. The predicted octanol–water partition coefficient (Wildman–Crippen LogP) is 5.84. The van der Waals surface area contributed by atoms with E-state index in [4.69, 9.17) is 14.2 Å². The summed E-state index contributed by atoms with van der Waals surface area (Å²) < 4.78 is 17.5. The van der Waals surface area contributed by atoms with Crippen molar-refractivity contribution in [3.63, 3.8) is 0 Å². The molecule has 0 saturated heterocycles. The van der Waals surface area contributed by atoms with Crippen LogP contribution < -0.4 is 9.47 Å². The Morgan fingerprint density at radius 3 is 1.19 bits per heavy atom. The van der Waals surface area contributed by atoms with E-state index < -0.39 is 0 Å². The Morgan fingerprint density at radius 1 is 0.556 bits per heavy atom. The van der Waals surface area contributed by atoms with Crippen LogP contribution in [0.3, 0.4) is 0 Å². The minimum atomic E-state index is -0.165. The van der Waals surface area contributed by atoms with Crippen LogP contribution >= 0.6 is 0 Å². The molecule has 0 heterocycles. The van der Waals surface area contributed by atoms with Gasteiger partial charge in [0.15, 0.2) is 0 Å². The van der Waals surface area contributed by atoms with Gasteiger partial charge in [0.05, 0.1) is 13.2 Å². The van der Waals surface area contributed by atoms with Gasteiger partial charge in [0.2, 0.25) is 0 Å². The maximum atomic E-state index is 5.84. The summed E-state index contributed by atoms with van der Waals surface area (Å²) in [5.41, 5.74) is 2.20. The van der Waals surface area contributed by atoms with E-state index >= 15 is 0 Å². The third-order valence-corrected chi connectivity index (χ3v) is 3.76. The summed E-state index contributed by atoms with van der Waals surface area (Å²) >= 11 is 0. The van der Waals surface area contributed by atoms with Gasteiger partial charge in [-0.05, 0) is 89.8 Å². The van der Waals surface area contributed by atoms with Crippen LogP contribution in [0.4, 0.5) is 0 Å². The third kappa shape index (κ3) is 8.96. The topological polar surface area (TPSA) is 27.7 Å². The first-order valence-electron chi connectivity index (χ1n) is 9.74. The Kier molecular flexibility index (Phi) is 7.32. The molecule has 3 heteroatoms. The van der Waals surface area contributed by atoms with Crippen LogP contribution in [0.5, 0.6) is 11.5 Å². The predicted molar refractivity (Wildman–Crippen MR) is 112 cm³/mol. The molecule has 0 radical (unpaired) electrons. The Hall–Kier alpha value is -2.00. The molecular weight excluding hydrogens is 336 g/mol. The minimum absolute atomic E-state index is 0.165. The summed E-state index contributed by atoms with van der Waals surface area (Å²) in [4.78, 5) is 0. The fourth-order valence-electron chi connectivity index (χ4n) is 2.64. The van der Waals surface area contributed by atoms with Crippen molar-refractivity contribution in [3.8, 4) is 11.5 Å². The molecule has 2 aromatic rings. The molecule has 0 saturated carbocycles. The molecule has 0 spiro atoms. The zero-order valence-corrected chi connectivity index (χ0v) is 17.7. The molecule has 2 rings (SSSR count). The van der Waals surface area contributed by atoms with Gasteiger partial charge in [-0.25, -0.2) is 0 Å². The van der Waals surface area contributed by atoms with Crippen LogP contribution in [0.2, 0.25) is 0 Å². The highest BCUT2D eigenvalue weighted by atomic mass is 16.5. The first kappa shape index (κ1) is 21.3. The Labute approximate surface area is 164 Å². The summed E-state index contributed by atoms with van der Waals surface area (Å²) in [7, 11) is 0. The largest absolute Gasteiger partial charge is 0.488 e. The molecule has 0 atom stereocenters. The van der Waals surface area contributed by atoms with E-state index in [1.165, 1.54) is 11.1 Å². The average Bonchev–Trinajstić information content (AvgIpc) is 2.55. The highest BCUT2D eigenvalue weighted by Gasteiger charge is 2.12. The van der Waals surface area contributed by atoms with Crippen LogP contribution in [-0.2, 0) is 17.6 Å². The van der Waals surface area contributed by atoms with Crippen molar-refractivity contribution in [2.75, 3.05) is 13.2 Å². The van der Waals surface area contributed by atoms with Crippen LogP contribution in [-0.4, -0.2) is 24.4 Å². The third-order valence-electron chi connectivity index (χ3n) is 3.76. The lowest BCUT2D eigenvalue weighted by Crippen LogP contribution is -2.22. The average molecular weight is 371 g/mol. The number of rotatable bonds is 8. The van der Waals surface area contributed by atoms with Gasteiger partial charge in [0.1, 0.15) is 22.7 Å². The lowest BCUT2D eigenvalue weighted by molar-refractivity contribution is 0.130. The second-order valence-corrected chi connectivity index (χ2v) is 8.83. The Bertz CT molecular complexity index is 612. The second kappa shape index (κ2) is 9.27. The normalized spacial score (nSPS) is 12.1. The van der Waals surface area contributed by atoms with E-state index in [-0.39, 0.29) is 11.2 Å². The van der Waals surface area contributed by atoms with Crippen LogP contribution in [0, 0.1) is 0 Å². The summed E-state index contributed by atoms with van der Waals surface area (Å²) in [5.74, 6) is 1.82. The summed E-state index contributed by atoms with van der Waals surface area (Å²) in [6.07, 6.45) is 1.82. The molecule has 0 bridgehead atoms. The van der Waals surface area contributed by atoms with Crippen LogP contribution in [0.25, 0.3) is 0 Å². The SMILES string of the molecule is CC(C)(C)Oc1ccc(CCOCCc2ccc(OC(C)(C)C)cc2)cc1. The molecule has 0 aliphatic carbocycles. The molecular formula is C24H34O3. The van der Waals surface area contributed by atoms with Gasteiger partial charge >= 0.3 is 0 Å². The molecule has 0 N–H and O–H groups in total. The van der Waals surface area contributed by atoms with Gasteiger partial charge in [-0.3, -0.25) is 0 Å². The van der Waals surface area contributed by atoms with Gasteiger partial charge in [-0.1, -0.05) is 24.3 Å². The van der Waals surface area contributed by atoms with Crippen molar-refractivity contribution in [2.24, 2.45) is 0 Å². The number of hydrogen-bond acceptors (Lipinski definition) is 3. The number of hydrogen-bond donors (Lipinski definition) is 0. The van der Waals surface area contributed by atoms with E-state index in [1.54, 1.807) is 0 Å². The summed E-state index contributed by atoms with van der Waals surface area (Å²) in [5, 5.41) is 0. The van der Waals surface area contributed by atoms with Gasteiger partial charge in [0.25, 0.3) is 0 Å². The lowest BCUT2D eigenvalue weighted by atomic mass is 10.1. The maximum Gasteiger partial charge on any atom is 0.120 e. The highest BCUT2D eigenvalue weighted by molar-refractivity contribution is 5.28. The van der Waals surface area contributed by atoms with Gasteiger partial charge in [-0.15, -0.1) is 0 Å². The van der Waals surface area contributed by atoms with Crippen LogP contribution in [0.1, 0.15) is 52.7 Å². The zero-order chi connectivity index (χ0) is 19.9. The second-order valence-electron chi connectivity index (χ2n) is 8.83. The molecule has 148 valence electrons. The molecule has 0 aliphatic rings. The zero-order valence-electron chi connectivity index (χ0n) is 17.7. The van der Waals surface area contributed by atoms with Crippen molar-refractivity contribution in [1.82, 2.24) is 0 Å². The first-order valence-corrected chi connectivity index (χ1v) is 9.74. The molecule has 0 aromatic heterocycles. The van der Waals surface area contributed by atoms with Crippen molar-refractivity contribution < 1.29 is 14.2 Å². The molecule has 0 fully saturated rings. The van der Waals surface area contributed by atoms with Crippen molar-refractivity contribution in [1.29, 1.82) is 0 Å². The molecule has 0 amide bonds. The van der Waals surface area contributed by atoms with E-state index in [9.17, 15) is 0 Å². The number of benzene rings is 2. The molecule has 3 nitrogen and oxygen atoms in total. The van der Waals surface area contributed by atoms with Gasteiger partial charge in [-0.2, -0.15) is 0 Å². The first-order chi connectivity index (χ1) is 12.6. The molecule has 0 aliphatic heterocycles. The van der Waals surface area contributed by atoms with E-state index in [0.717, 1.165) is 37.6 Å². The molecule has 2 aromatic carbocycles. The van der Waals surface area contributed by atoms with Gasteiger partial charge < -0.3 is 14.2 Å². The van der Waals surface area contributed by atoms with Crippen molar-refractivity contribution in [3.05, 3.63) is 59.7 Å². The van der Waals surface area contributed by atoms with E-state index in [0.29, 0.717) is 0 Å². The smallest absolute Gasteiger partial charge is 0.120 e. The monoisotopic (exact) mass is 370 g/mol. The Morgan fingerprint density at radius 2 is 0.889 bits per heavy atom. The highest BCUT2D eigenvalue weighted by Crippen LogP contribution is 2.20. The maximum absolute atomic E-state index is 5.84. The summed E-state index contributed by atoms with van der Waals surface area (Å²) in [6, 6.07) is 16.6. The number of ether oxygens (including phenoxy) is 3. The van der Waals surface area contributed by atoms with E-state index in [1.807, 2.05) is 24.3 Å². The van der Waals surface area contributed by atoms with Crippen LogP contribution in [0.15, 0.2) is 48.5 Å². The van der Waals surface area contributed by atoms with Crippen molar-refractivity contribution >= 4 is 0 Å². The lowest BCUT2D eigenvalue weighted by Gasteiger charge is -2.21. The van der Waals surface area contributed by atoms with Crippen molar-refractivity contribution in [2.45, 2.75) is 65.6 Å². The van der Waals surface area contributed by atoms with Gasteiger partial charge in [0, 0.05) is 0 Å². The fraction of sp³-hybridized carbons (Fsp3) is 0.500. The molecule has 27 heavy (non-hydrogen) atoms. The quantitative estimate of drug-likeness (QED) is 0.546.